The van der Waals surface area contributed by atoms with Crippen LogP contribution in [0, 0.1) is 0 Å². The van der Waals surface area contributed by atoms with Gasteiger partial charge >= 0.3 is 0 Å². The van der Waals surface area contributed by atoms with Crippen LogP contribution in [0.1, 0.15) is 22.3 Å². The van der Waals surface area contributed by atoms with Gasteiger partial charge in [0, 0.05) is 32.9 Å². The van der Waals surface area contributed by atoms with Gasteiger partial charge in [0.25, 0.3) is 0 Å². The Labute approximate surface area is 401 Å². The number of hydrogen-bond donors (Lipinski definition) is 0. The molecule has 0 saturated heterocycles. The summed E-state index contributed by atoms with van der Waals surface area (Å²) in [7, 11) is 0. The summed E-state index contributed by atoms with van der Waals surface area (Å²) in [5.74, 6) is 0. The Hall–Kier alpha value is -8.98. The van der Waals surface area contributed by atoms with Gasteiger partial charge in [0.05, 0.1) is 27.5 Å². The van der Waals surface area contributed by atoms with E-state index in [0.717, 1.165) is 11.4 Å². The molecule has 0 N–H and O–H groups in total. The summed E-state index contributed by atoms with van der Waals surface area (Å²) in [6.07, 6.45) is 0. The van der Waals surface area contributed by atoms with Crippen molar-refractivity contribution in [1.29, 1.82) is 0 Å². The Morgan fingerprint density at radius 3 is 1.36 bits per heavy atom. The van der Waals surface area contributed by atoms with Crippen LogP contribution in [-0.2, 0) is 5.41 Å². The molecule has 0 radical (unpaired) electrons. The molecule has 2 heterocycles. The van der Waals surface area contributed by atoms with Gasteiger partial charge in [0.2, 0.25) is 0 Å². The standard InChI is InChI=1S/C67H44N2/c1-5-18-45(19-6-1)47-32-36-53(37-33-47)68-65-39-35-50(49-34-38-64-58(41-49)56-29-14-16-31-63(56)69(64)54-27-17-22-48(40-54)46-20-7-2-8-21-46)42-59(65)60-43-57-55-28-13-15-30-61(55)67(62(57)44-66(60)68,51-23-9-3-10-24-51)52-25-11-4-12-26-52/h1-44H. The van der Waals surface area contributed by atoms with Gasteiger partial charge in [0.1, 0.15) is 0 Å². The third-order valence-corrected chi connectivity index (χ3v) is 14.8. The monoisotopic (exact) mass is 876 g/mol. The van der Waals surface area contributed by atoms with Crippen molar-refractivity contribution in [2.75, 3.05) is 0 Å². The first-order chi connectivity index (χ1) is 34.2. The van der Waals surface area contributed by atoms with Gasteiger partial charge in [-0.25, -0.2) is 0 Å². The molecule has 1 aliphatic rings. The lowest BCUT2D eigenvalue weighted by molar-refractivity contribution is 0.769. The molecule has 1 aliphatic carbocycles. The normalized spacial score (nSPS) is 12.8. The first-order valence-electron chi connectivity index (χ1n) is 23.9. The molecule has 14 rings (SSSR count). The highest BCUT2D eigenvalue weighted by Crippen LogP contribution is 2.57. The molecule has 69 heavy (non-hydrogen) atoms. The fourth-order valence-corrected chi connectivity index (χ4v) is 11.7. The molecule has 11 aromatic carbocycles. The van der Waals surface area contributed by atoms with Crippen LogP contribution in [0.4, 0.5) is 0 Å². The summed E-state index contributed by atoms with van der Waals surface area (Å²) in [6.45, 7) is 0. The molecule has 2 aromatic heterocycles. The maximum Gasteiger partial charge on any atom is 0.0714 e. The summed E-state index contributed by atoms with van der Waals surface area (Å²) >= 11 is 0. The molecule has 0 aliphatic heterocycles. The highest BCUT2D eigenvalue weighted by Gasteiger charge is 2.46. The zero-order valence-electron chi connectivity index (χ0n) is 37.8. The maximum absolute atomic E-state index is 2.52. The Morgan fingerprint density at radius 1 is 0.232 bits per heavy atom. The fourth-order valence-electron chi connectivity index (χ4n) is 11.7. The molecule has 0 bridgehead atoms. The van der Waals surface area contributed by atoms with Crippen molar-refractivity contribution in [2.24, 2.45) is 0 Å². The lowest BCUT2D eigenvalue weighted by Crippen LogP contribution is -2.28. The second-order valence-corrected chi connectivity index (χ2v) is 18.4. The van der Waals surface area contributed by atoms with E-state index < -0.39 is 5.41 Å². The van der Waals surface area contributed by atoms with Crippen molar-refractivity contribution in [3.8, 4) is 55.9 Å². The van der Waals surface area contributed by atoms with Crippen LogP contribution in [0.3, 0.4) is 0 Å². The third-order valence-electron chi connectivity index (χ3n) is 14.8. The number of aromatic nitrogens is 2. The molecule has 322 valence electrons. The Bertz CT molecular complexity index is 4050. The lowest BCUT2D eigenvalue weighted by Gasteiger charge is -2.34. The van der Waals surface area contributed by atoms with Gasteiger partial charge in [-0.15, -0.1) is 0 Å². The molecule has 0 saturated carbocycles. The van der Waals surface area contributed by atoms with Crippen LogP contribution in [-0.4, -0.2) is 9.13 Å². The number of benzene rings is 11. The summed E-state index contributed by atoms with van der Waals surface area (Å²) in [5.41, 5.74) is 21.4. The van der Waals surface area contributed by atoms with Gasteiger partial charge < -0.3 is 9.13 Å². The number of hydrogen-bond acceptors (Lipinski definition) is 0. The first-order valence-corrected chi connectivity index (χ1v) is 23.9. The Kier molecular flexibility index (Phi) is 8.84. The predicted octanol–water partition coefficient (Wildman–Crippen LogP) is 17.2. The molecular formula is C67H44N2. The van der Waals surface area contributed by atoms with Gasteiger partial charge in [-0.2, -0.15) is 0 Å². The number of nitrogens with zero attached hydrogens (tertiary/aromatic N) is 2. The molecule has 2 heteroatoms. The number of rotatable bonds is 7. The summed E-state index contributed by atoms with van der Waals surface area (Å²) in [6, 6.07) is 98.6. The van der Waals surface area contributed by atoms with Crippen LogP contribution in [0.15, 0.2) is 267 Å². The molecule has 0 atom stereocenters. The average molecular weight is 877 g/mol. The molecule has 0 unspecified atom stereocenters. The fraction of sp³-hybridized carbons (Fsp3) is 0.0149. The summed E-state index contributed by atoms with van der Waals surface area (Å²) in [4.78, 5) is 0. The second kappa shape index (κ2) is 15.6. The van der Waals surface area contributed by atoms with Gasteiger partial charge in [-0.05, 0) is 133 Å². The third kappa shape index (κ3) is 5.99. The van der Waals surface area contributed by atoms with Crippen molar-refractivity contribution in [1.82, 2.24) is 9.13 Å². The van der Waals surface area contributed by atoms with E-state index in [2.05, 4.69) is 276 Å². The molecule has 0 spiro atoms. The number of fused-ring (bicyclic) bond motifs is 9. The molecule has 0 fully saturated rings. The molecule has 0 amide bonds. The SMILES string of the molecule is c1ccc(-c2ccc(-n3c4ccc(-c5ccc6c(c5)c5ccccc5n6-c5cccc(-c6ccccc6)c5)cc4c4cc5c(cc43)C(c3ccccc3)(c3ccccc3)c3ccccc3-5)cc2)cc1. The van der Waals surface area contributed by atoms with Crippen LogP contribution in [0.5, 0.6) is 0 Å². The zero-order chi connectivity index (χ0) is 45.5. The minimum absolute atomic E-state index is 0.510. The van der Waals surface area contributed by atoms with Crippen molar-refractivity contribution < 1.29 is 0 Å². The summed E-state index contributed by atoms with van der Waals surface area (Å²) < 4.78 is 4.91. The molecule has 13 aromatic rings. The number of para-hydroxylation sites is 1. The minimum atomic E-state index is -0.510. The average Bonchev–Trinajstić information content (AvgIpc) is 4.04. The van der Waals surface area contributed by atoms with Gasteiger partial charge in [-0.3, -0.25) is 0 Å². The van der Waals surface area contributed by atoms with E-state index in [-0.39, 0.29) is 0 Å². The summed E-state index contributed by atoms with van der Waals surface area (Å²) in [5, 5.41) is 4.94. The van der Waals surface area contributed by atoms with Crippen molar-refractivity contribution in [3.05, 3.63) is 289 Å². The highest BCUT2D eigenvalue weighted by molar-refractivity contribution is 6.14. The van der Waals surface area contributed by atoms with E-state index >= 15 is 0 Å². The zero-order valence-corrected chi connectivity index (χ0v) is 37.8. The second-order valence-electron chi connectivity index (χ2n) is 18.4. The van der Waals surface area contributed by atoms with Gasteiger partial charge in [-0.1, -0.05) is 200 Å². The lowest BCUT2D eigenvalue weighted by atomic mass is 9.67. The van der Waals surface area contributed by atoms with E-state index in [9.17, 15) is 0 Å². The smallest absolute Gasteiger partial charge is 0.0714 e. The topological polar surface area (TPSA) is 9.86 Å². The maximum atomic E-state index is 2.52. The van der Waals surface area contributed by atoms with Crippen molar-refractivity contribution >= 4 is 43.6 Å². The van der Waals surface area contributed by atoms with Crippen molar-refractivity contribution in [2.45, 2.75) is 5.41 Å². The van der Waals surface area contributed by atoms with Crippen molar-refractivity contribution in [3.63, 3.8) is 0 Å². The van der Waals surface area contributed by atoms with Crippen LogP contribution >= 0.6 is 0 Å². The molecular weight excluding hydrogens is 833 g/mol. The van der Waals surface area contributed by atoms with Crippen LogP contribution in [0.25, 0.3) is 99.5 Å². The highest BCUT2D eigenvalue weighted by atomic mass is 15.0. The first kappa shape index (κ1) is 39.2. The van der Waals surface area contributed by atoms with E-state index in [1.165, 1.54) is 110 Å². The van der Waals surface area contributed by atoms with E-state index in [0.29, 0.717) is 0 Å². The van der Waals surface area contributed by atoms with E-state index in [4.69, 9.17) is 0 Å². The predicted molar refractivity (Wildman–Crippen MR) is 289 cm³/mol. The Balaban J connectivity index is 0.998. The largest absolute Gasteiger partial charge is 0.309 e. The van der Waals surface area contributed by atoms with Crippen LogP contribution in [0.2, 0.25) is 0 Å². The minimum Gasteiger partial charge on any atom is -0.309 e. The molecule has 2 nitrogen and oxygen atoms in total. The van der Waals surface area contributed by atoms with E-state index in [1.54, 1.807) is 0 Å². The Morgan fingerprint density at radius 2 is 0.696 bits per heavy atom. The quantitative estimate of drug-likeness (QED) is 0.151. The van der Waals surface area contributed by atoms with Crippen LogP contribution < -0.4 is 0 Å². The van der Waals surface area contributed by atoms with E-state index in [1.807, 2.05) is 0 Å². The van der Waals surface area contributed by atoms with Gasteiger partial charge in [0.15, 0.2) is 0 Å².